The van der Waals surface area contributed by atoms with Gasteiger partial charge in [-0.3, -0.25) is 4.79 Å². The molecule has 0 radical (unpaired) electrons. The number of hydrogen-bond acceptors (Lipinski definition) is 6. The number of ketones is 1. The molecule has 1 aromatic rings. The molecule has 2 aliphatic rings. The van der Waals surface area contributed by atoms with Crippen LogP contribution in [0, 0.1) is 17.2 Å². The number of hydrogen-bond donors (Lipinski definition) is 1. The second kappa shape index (κ2) is 5.32. The molecule has 3 rings (SSSR count). The Morgan fingerprint density at radius 2 is 2.00 bits per heavy atom. The number of carbonyl (C=O) groups excluding carboxylic acids is 1. The molecule has 2 fully saturated rings. The number of nitrogens with zero attached hydrogens (tertiary/aromatic N) is 2. The fourth-order valence-corrected chi connectivity index (χ4v) is 4.03. The Labute approximate surface area is 128 Å². The van der Waals surface area contributed by atoms with Crippen LogP contribution < -0.4 is 10.6 Å². The number of carbonyl (C=O) groups is 1. The maximum absolute atomic E-state index is 12.3. The fraction of sp³-hybridized carbons (Fsp3) is 0.600. The zero-order valence-electron chi connectivity index (χ0n) is 12.3. The smallest absolute Gasteiger partial charge is 0.178 e. The molecule has 0 aromatic carbocycles. The van der Waals surface area contributed by atoms with Crippen molar-refractivity contribution in [2.45, 2.75) is 38.9 Å². The quantitative estimate of drug-likeness (QED) is 0.867. The summed E-state index contributed by atoms with van der Waals surface area (Å²) in [5, 5.41) is 10.2. The van der Waals surface area contributed by atoms with E-state index in [9.17, 15) is 10.1 Å². The number of nitrogen functional groups attached to an aromatic ring is 1. The lowest BCUT2D eigenvalue weighted by molar-refractivity contribution is -0.00501. The van der Waals surface area contributed by atoms with Crippen molar-refractivity contribution in [3.63, 3.8) is 0 Å². The number of Topliss-reactive ketones (excluding diaryl/α,β-unsaturated/α-hetero) is 1. The van der Waals surface area contributed by atoms with Crippen LogP contribution in [0.5, 0.6) is 0 Å². The first kappa shape index (κ1) is 14.4. The van der Waals surface area contributed by atoms with Crippen molar-refractivity contribution >= 4 is 27.8 Å². The minimum Gasteiger partial charge on any atom is -0.396 e. The molecule has 2 atom stereocenters. The SMILES string of the molecule is C[C@@H]1CN(c2sc(C(=O)C3CC3)c(N)c2C#N)C[C@H](C)O1. The third kappa shape index (κ3) is 2.63. The summed E-state index contributed by atoms with van der Waals surface area (Å²) in [4.78, 5) is 15.0. The van der Waals surface area contributed by atoms with E-state index in [1.54, 1.807) is 0 Å². The molecule has 112 valence electrons. The average molecular weight is 305 g/mol. The minimum atomic E-state index is 0.103. The van der Waals surface area contributed by atoms with E-state index < -0.39 is 0 Å². The van der Waals surface area contributed by atoms with Crippen LogP contribution in [-0.4, -0.2) is 31.1 Å². The van der Waals surface area contributed by atoms with E-state index in [0.29, 0.717) is 16.1 Å². The van der Waals surface area contributed by atoms with Crippen LogP contribution in [0.3, 0.4) is 0 Å². The molecule has 2 heterocycles. The zero-order chi connectivity index (χ0) is 15.1. The molecule has 1 saturated heterocycles. The fourth-order valence-electron chi connectivity index (χ4n) is 2.82. The first-order valence-corrected chi connectivity index (χ1v) is 8.09. The van der Waals surface area contributed by atoms with Crippen LogP contribution >= 0.6 is 11.3 Å². The van der Waals surface area contributed by atoms with E-state index in [1.165, 1.54) is 11.3 Å². The van der Waals surface area contributed by atoms with Crippen LogP contribution in [-0.2, 0) is 4.74 Å². The molecule has 0 spiro atoms. The van der Waals surface area contributed by atoms with Crippen molar-refractivity contribution in [2.75, 3.05) is 23.7 Å². The van der Waals surface area contributed by atoms with Gasteiger partial charge in [-0.15, -0.1) is 11.3 Å². The lowest BCUT2D eigenvalue weighted by Gasteiger charge is -2.36. The summed E-state index contributed by atoms with van der Waals surface area (Å²) >= 11 is 1.37. The number of nitriles is 1. The van der Waals surface area contributed by atoms with Crippen molar-refractivity contribution in [3.05, 3.63) is 10.4 Å². The summed E-state index contributed by atoms with van der Waals surface area (Å²) in [6.45, 7) is 5.47. The summed E-state index contributed by atoms with van der Waals surface area (Å²) in [7, 11) is 0. The molecule has 1 aromatic heterocycles. The Balaban J connectivity index is 1.96. The van der Waals surface area contributed by atoms with Crippen LogP contribution in [0.2, 0.25) is 0 Å². The molecule has 0 unspecified atom stereocenters. The molecule has 2 N–H and O–H groups in total. The van der Waals surface area contributed by atoms with Gasteiger partial charge in [0, 0.05) is 19.0 Å². The number of ether oxygens (including phenoxy) is 1. The van der Waals surface area contributed by atoms with Crippen molar-refractivity contribution < 1.29 is 9.53 Å². The van der Waals surface area contributed by atoms with E-state index in [0.717, 1.165) is 30.9 Å². The molecule has 21 heavy (non-hydrogen) atoms. The second-order valence-corrected chi connectivity index (χ2v) is 6.94. The van der Waals surface area contributed by atoms with E-state index in [-0.39, 0.29) is 23.9 Å². The zero-order valence-corrected chi connectivity index (χ0v) is 13.1. The van der Waals surface area contributed by atoms with Crippen LogP contribution in [0.4, 0.5) is 10.7 Å². The van der Waals surface area contributed by atoms with Gasteiger partial charge in [-0.1, -0.05) is 0 Å². The summed E-state index contributed by atoms with van der Waals surface area (Å²) in [5.41, 5.74) is 6.88. The maximum atomic E-state index is 12.3. The Morgan fingerprint density at radius 3 is 2.52 bits per heavy atom. The highest BCUT2D eigenvalue weighted by molar-refractivity contribution is 7.19. The van der Waals surface area contributed by atoms with E-state index in [2.05, 4.69) is 11.0 Å². The van der Waals surface area contributed by atoms with Gasteiger partial charge in [0.05, 0.1) is 22.8 Å². The van der Waals surface area contributed by atoms with E-state index >= 15 is 0 Å². The van der Waals surface area contributed by atoms with E-state index in [1.807, 2.05) is 13.8 Å². The van der Waals surface area contributed by atoms with Crippen molar-refractivity contribution in [3.8, 4) is 6.07 Å². The van der Waals surface area contributed by atoms with Crippen LogP contribution in [0.25, 0.3) is 0 Å². The Morgan fingerprint density at radius 1 is 1.38 bits per heavy atom. The molecular weight excluding hydrogens is 286 g/mol. The molecule has 0 bridgehead atoms. The summed E-state index contributed by atoms with van der Waals surface area (Å²) in [6, 6.07) is 2.18. The van der Waals surface area contributed by atoms with Crippen molar-refractivity contribution in [2.24, 2.45) is 5.92 Å². The number of morpholine rings is 1. The van der Waals surface area contributed by atoms with Crippen LogP contribution in [0.15, 0.2) is 0 Å². The topological polar surface area (TPSA) is 79.4 Å². The van der Waals surface area contributed by atoms with Gasteiger partial charge >= 0.3 is 0 Å². The molecule has 5 nitrogen and oxygen atoms in total. The van der Waals surface area contributed by atoms with Gasteiger partial charge in [0.2, 0.25) is 0 Å². The number of rotatable bonds is 3. The Hall–Kier alpha value is -1.58. The normalized spacial score (nSPS) is 25.7. The lowest BCUT2D eigenvalue weighted by Crippen LogP contribution is -2.45. The van der Waals surface area contributed by atoms with Gasteiger partial charge in [-0.05, 0) is 26.7 Å². The van der Waals surface area contributed by atoms with Gasteiger partial charge in [0.1, 0.15) is 16.6 Å². The number of anilines is 2. The Bertz CT molecular complexity index is 605. The predicted octanol–water partition coefficient (Wildman–Crippen LogP) is 2.41. The Kier molecular flexibility index (Phi) is 3.64. The standard InChI is InChI=1S/C15H19N3O2S/c1-8-6-18(7-9(2)20-8)15-11(5-16)12(17)14(21-15)13(19)10-3-4-10/h8-10H,3-4,6-7,17H2,1-2H3/t8-,9+. The highest BCUT2D eigenvalue weighted by atomic mass is 32.1. The highest BCUT2D eigenvalue weighted by Gasteiger charge is 2.35. The first-order chi connectivity index (χ1) is 10.0. The molecule has 6 heteroatoms. The third-order valence-corrected chi connectivity index (χ3v) is 5.20. The highest BCUT2D eigenvalue weighted by Crippen LogP contribution is 2.43. The first-order valence-electron chi connectivity index (χ1n) is 7.28. The second-order valence-electron chi connectivity index (χ2n) is 5.94. The molecule has 1 aliphatic heterocycles. The van der Waals surface area contributed by atoms with Crippen LogP contribution in [0.1, 0.15) is 41.9 Å². The monoisotopic (exact) mass is 305 g/mol. The third-order valence-electron chi connectivity index (χ3n) is 3.92. The van der Waals surface area contributed by atoms with Gasteiger partial charge < -0.3 is 15.4 Å². The predicted molar refractivity (Wildman–Crippen MR) is 82.7 cm³/mol. The van der Waals surface area contributed by atoms with Gasteiger partial charge in [-0.25, -0.2) is 0 Å². The molecular formula is C15H19N3O2S. The summed E-state index contributed by atoms with van der Waals surface area (Å²) < 4.78 is 5.73. The molecule has 0 amide bonds. The summed E-state index contributed by atoms with van der Waals surface area (Å²) in [6.07, 6.45) is 2.09. The van der Waals surface area contributed by atoms with Gasteiger partial charge in [0.25, 0.3) is 0 Å². The molecule has 1 aliphatic carbocycles. The van der Waals surface area contributed by atoms with E-state index in [4.69, 9.17) is 10.5 Å². The van der Waals surface area contributed by atoms with Crippen molar-refractivity contribution in [1.29, 1.82) is 5.26 Å². The summed E-state index contributed by atoms with van der Waals surface area (Å²) in [5.74, 6) is 0.225. The average Bonchev–Trinajstić information content (AvgIpc) is 3.21. The maximum Gasteiger partial charge on any atom is 0.178 e. The van der Waals surface area contributed by atoms with Crippen molar-refractivity contribution in [1.82, 2.24) is 0 Å². The van der Waals surface area contributed by atoms with Gasteiger partial charge in [-0.2, -0.15) is 5.26 Å². The largest absolute Gasteiger partial charge is 0.396 e. The number of nitrogens with two attached hydrogens (primary N) is 1. The number of thiophene rings is 1. The minimum absolute atomic E-state index is 0.103. The molecule has 1 saturated carbocycles. The lowest BCUT2D eigenvalue weighted by atomic mass is 10.1. The van der Waals surface area contributed by atoms with Gasteiger partial charge in [0.15, 0.2) is 5.78 Å².